The van der Waals surface area contributed by atoms with Crippen LogP contribution in [0.2, 0.25) is 0 Å². The average Bonchev–Trinajstić information content (AvgIpc) is 2.15. The minimum absolute atomic E-state index is 0.0637. The number of rotatable bonds is 2. The Labute approximate surface area is 59.0 Å². The number of carbonyl (C=O) groups is 1. The van der Waals surface area contributed by atoms with E-state index in [9.17, 15) is 4.79 Å². The van der Waals surface area contributed by atoms with Gasteiger partial charge in [-0.1, -0.05) is 12.2 Å². The Kier molecular flexibility index (Phi) is 2.06. The van der Waals surface area contributed by atoms with Crippen LogP contribution in [-0.4, -0.2) is 22.3 Å². The van der Waals surface area contributed by atoms with E-state index in [0.29, 0.717) is 6.42 Å². The molecule has 0 amide bonds. The molecule has 3 heteroatoms. The lowest BCUT2D eigenvalue weighted by atomic mass is 10.0. The highest BCUT2D eigenvalue weighted by Gasteiger charge is 2.22. The minimum atomic E-state index is -0.840. The zero-order valence-corrected chi connectivity index (χ0v) is 5.53. The summed E-state index contributed by atoms with van der Waals surface area (Å²) in [6, 6.07) is 0. The van der Waals surface area contributed by atoms with Gasteiger partial charge in [0.15, 0.2) is 0 Å². The molecule has 10 heavy (non-hydrogen) atoms. The van der Waals surface area contributed by atoms with Gasteiger partial charge in [0, 0.05) is 5.92 Å². The van der Waals surface area contributed by atoms with E-state index in [1.54, 1.807) is 6.08 Å². The number of carboxylic acids is 1. The molecule has 1 rings (SSSR count). The highest BCUT2D eigenvalue weighted by atomic mass is 16.4. The third-order valence-corrected chi connectivity index (χ3v) is 1.69. The van der Waals surface area contributed by atoms with Crippen molar-refractivity contribution < 1.29 is 15.0 Å². The van der Waals surface area contributed by atoms with Crippen LogP contribution in [0.25, 0.3) is 0 Å². The summed E-state index contributed by atoms with van der Waals surface area (Å²) in [6.45, 7) is 0. The zero-order chi connectivity index (χ0) is 7.56. The van der Waals surface area contributed by atoms with Crippen molar-refractivity contribution >= 4 is 5.97 Å². The van der Waals surface area contributed by atoms with Gasteiger partial charge in [0.2, 0.25) is 0 Å². The summed E-state index contributed by atoms with van der Waals surface area (Å²) in [7, 11) is 0. The summed E-state index contributed by atoms with van der Waals surface area (Å²) in [4.78, 5) is 10.2. The second kappa shape index (κ2) is 2.84. The first-order valence-electron chi connectivity index (χ1n) is 3.26. The number of aliphatic hydroxyl groups is 1. The van der Waals surface area contributed by atoms with E-state index in [1.165, 1.54) is 0 Å². The zero-order valence-electron chi connectivity index (χ0n) is 5.53. The molecule has 0 saturated carbocycles. The Hall–Kier alpha value is -0.830. The third kappa shape index (κ3) is 1.57. The third-order valence-electron chi connectivity index (χ3n) is 1.69. The van der Waals surface area contributed by atoms with Gasteiger partial charge in [-0.2, -0.15) is 0 Å². The predicted molar refractivity (Wildman–Crippen MR) is 35.5 cm³/mol. The number of allylic oxidation sites excluding steroid dienone is 1. The molecule has 0 fully saturated rings. The predicted octanol–water partition coefficient (Wildman–Crippen LogP) is 0.398. The lowest BCUT2D eigenvalue weighted by Gasteiger charge is -2.09. The van der Waals surface area contributed by atoms with Crippen molar-refractivity contribution in [3.05, 3.63) is 12.2 Å². The van der Waals surface area contributed by atoms with Gasteiger partial charge in [-0.15, -0.1) is 0 Å². The van der Waals surface area contributed by atoms with Gasteiger partial charge in [-0.3, -0.25) is 4.79 Å². The smallest absolute Gasteiger partial charge is 0.303 e. The lowest BCUT2D eigenvalue weighted by molar-refractivity contribution is -0.138. The second-order valence-electron chi connectivity index (χ2n) is 2.51. The van der Waals surface area contributed by atoms with Crippen LogP contribution in [0.3, 0.4) is 0 Å². The topological polar surface area (TPSA) is 57.5 Å². The van der Waals surface area contributed by atoms with Crippen molar-refractivity contribution in [1.82, 2.24) is 0 Å². The molecule has 3 nitrogen and oxygen atoms in total. The summed E-state index contributed by atoms with van der Waals surface area (Å²) in [5.41, 5.74) is 0. The van der Waals surface area contributed by atoms with Gasteiger partial charge in [-0.05, 0) is 6.42 Å². The van der Waals surface area contributed by atoms with Crippen LogP contribution in [0.15, 0.2) is 12.2 Å². The largest absolute Gasteiger partial charge is 0.481 e. The quantitative estimate of drug-likeness (QED) is 0.548. The molecule has 0 aromatic rings. The molecular formula is C7H10O3. The molecule has 2 N–H and O–H groups in total. The van der Waals surface area contributed by atoms with Crippen LogP contribution in [-0.2, 0) is 4.79 Å². The van der Waals surface area contributed by atoms with Crippen LogP contribution in [0.4, 0.5) is 0 Å². The summed E-state index contributed by atoms with van der Waals surface area (Å²) in [6.07, 6.45) is 3.67. The van der Waals surface area contributed by atoms with Crippen molar-refractivity contribution in [3.8, 4) is 0 Å². The van der Waals surface area contributed by atoms with Crippen molar-refractivity contribution in [2.75, 3.05) is 0 Å². The molecule has 0 saturated heterocycles. The van der Waals surface area contributed by atoms with Crippen LogP contribution in [0.5, 0.6) is 0 Å². The monoisotopic (exact) mass is 142 g/mol. The first-order chi connectivity index (χ1) is 4.70. The van der Waals surface area contributed by atoms with E-state index in [4.69, 9.17) is 10.2 Å². The standard InChI is InChI=1S/C7H10O3/c8-6-3-1-2-5(6)4-7(9)10/h1,3,5-6,8H,2,4H2,(H,9,10)/t5-,6+/m0/s1. The van der Waals surface area contributed by atoms with Crippen molar-refractivity contribution in [1.29, 1.82) is 0 Å². The molecule has 2 atom stereocenters. The Balaban J connectivity index is 2.37. The molecule has 0 aliphatic heterocycles. The van der Waals surface area contributed by atoms with E-state index >= 15 is 0 Å². The highest BCUT2D eigenvalue weighted by Crippen LogP contribution is 2.21. The Morgan fingerprint density at radius 2 is 2.40 bits per heavy atom. The summed E-state index contributed by atoms with van der Waals surface area (Å²) >= 11 is 0. The Bertz CT molecular complexity index is 162. The van der Waals surface area contributed by atoms with Crippen LogP contribution in [0, 0.1) is 5.92 Å². The molecular weight excluding hydrogens is 132 g/mol. The molecule has 0 bridgehead atoms. The van der Waals surface area contributed by atoms with Crippen LogP contribution in [0.1, 0.15) is 12.8 Å². The summed E-state index contributed by atoms with van der Waals surface area (Å²) in [5, 5.41) is 17.4. The maximum atomic E-state index is 10.2. The SMILES string of the molecule is O=C(O)C[C@@H]1CC=C[C@H]1O. The fraction of sp³-hybridized carbons (Fsp3) is 0.571. The van der Waals surface area contributed by atoms with Crippen molar-refractivity contribution in [2.45, 2.75) is 18.9 Å². The van der Waals surface area contributed by atoms with E-state index in [2.05, 4.69) is 0 Å². The van der Waals surface area contributed by atoms with Crippen molar-refractivity contribution in [2.24, 2.45) is 5.92 Å². The fourth-order valence-corrected chi connectivity index (χ4v) is 1.12. The average molecular weight is 142 g/mol. The lowest BCUT2D eigenvalue weighted by Crippen LogP contribution is -2.16. The molecule has 0 aromatic carbocycles. The first kappa shape index (κ1) is 7.28. The van der Waals surface area contributed by atoms with Gasteiger partial charge in [0.05, 0.1) is 12.5 Å². The minimum Gasteiger partial charge on any atom is -0.481 e. The maximum absolute atomic E-state index is 10.2. The van der Waals surface area contributed by atoms with Crippen LogP contribution < -0.4 is 0 Å². The Morgan fingerprint density at radius 3 is 2.80 bits per heavy atom. The van der Waals surface area contributed by atoms with Gasteiger partial charge in [0.25, 0.3) is 0 Å². The number of hydrogen-bond donors (Lipinski definition) is 2. The Morgan fingerprint density at radius 1 is 1.70 bits per heavy atom. The molecule has 0 radical (unpaired) electrons. The van der Waals surface area contributed by atoms with Crippen molar-refractivity contribution in [3.63, 3.8) is 0 Å². The molecule has 1 aliphatic rings. The summed E-state index contributed by atoms with van der Waals surface area (Å²) < 4.78 is 0. The van der Waals surface area contributed by atoms with Gasteiger partial charge >= 0.3 is 5.97 Å². The normalized spacial score (nSPS) is 30.9. The molecule has 1 aliphatic carbocycles. The van der Waals surface area contributed by atoms with E-state index in [-0.39, 0.29) is 12.3 Å². The molecule has 0 heterocycles. The summed E-state index contributed by atoms with van der Waals surface area (Å²) in [5.74, 6) is -0.940. The number of aliphatic hydroxyl groups excluding tert-OH is 1. The highest BCUT2D eigenvalue weighted by molar-refractivity contribution is 5.67. The first-order valence-corrected chi connectivity index (χ1v) is 3.26. The van der Waals surface area contributed by atoms with Crippen LogP contribution >= 0.6 is 0 Å². The van der Waals surface area contributed by atoms with Gasteiger partial charge in [0.1, 0.15) is 0 Å². The number of carboxylic acid groups (broad SMARTS) is 1. The van der Waals surface area contributed by atoms with Gasteiger partial charge < -0.3 is 10.2 Å². The fourth-order valence-electron chi connectivity index (χ4n) is 1.12. The van der Waals surface area contributed by atoms with E-state index < -0.39 is 12.1 Å². The number of hydrogen-bond acceptors (Lipinski definition) is 2. The maximum Gasteiger partial charge on any atom is 0.303 e. The van der Waals surface area contributed by atoms with E-state index in [0.717, 1.165) is 0 Å². The molecule has 0 aromatic heterocycles. The molecule has 56 valence electrons. The van der Waals surface area contributed by atoms with Gasteiger partial charge in [-0.25, -0.2) is 0 Å². The van der Waals surface area contributed by atoms with E-state index in [1.807, 2.05) is 6.08 Å². The molecule has 0 unspecified atom stereocenters. The molecule has 0 spiro atoms. The second-order valence-corrected chi connectivity index (χ2v) is 2.51. The number of aliphatic carboxylic acids is 1.